The van der Waals surface area contributed by atoms with Gasteiger partial charge in [-0.15, -0.1) is 23.5 Å². The lowest BCUT2D eigenvalue weighted by Crippen LogP contribution is -2.14. The lowest BCUT2D eigenvalue weighted by atomic mass is 10.1. The van der Waals surface area contributed by atoms with Crippen LogP contribution in [0, 0.1) is 5.92 Å². The molecule has 1 amide bonds. The Morgan fingerprint density at radius 1 is 1.28 bits per heavy atom. The van der Waals surface area contributed by atoms with Crippen molar-refractivity contribution < 1.29 is 4.79 Å². The highest BCUT2D eigenvalue weighted by molar-refractivity contribution is 8.16. The number of benzene rings is 1. The summed E-state index contributed by atoms with van der Waals surface area (Å²) in [6.45, 7) is 4.33. The Kier molecular flexibility index (Phi) is 6.12. The standard InChI is InChI=1S/C19H25N3OS2/c1-13(2)11-16-12-17(22(3)21-16)20-18(23)14-5-7-15(8-6-14)19-24-9-4-10-25-19/h5-8,12-13,19H,4,9-11H2,1-3H3,(H,20,23). The summed E-state index contributed by atoms with van der Waals surface area (Å²) in [5.41, 5.74) is 2.99. The summed E-state index contributed by atoms with van der Waals surface area (Å²) in [6.07, 6.45) is 2.20. The number of rotatable bonds is 5. The Morgan fingerprint density at radius 3 is 2.60 bits per heavy atom. The van der Waals surface area contributed by atoms with E-state index in [4.69, 9.17) is 0 Å². The monoisotopic (exact) mass is 375 g/mol. The van der Waals surface area contributed by atoms with E-state index in [0.717, 1.165) is 17.9 Å². The maximum atomic E-state index is 12.5. The minimum Gasteiger partial charge on any atom is -0.307 e. The van der Waals surface area contributed by atoms with Gasteiger partial charge < -0.3 is 5.32 Å². The number of thioether (sulfide) groups is 2. The highest BCUT2D eigenvalue weighted by Crippen LogP contribution is 2.43. The van der Waals surface area contributed by atoms with Crippen molar-refractivity contribution in [1.29, 1.82) is 0 Å². The molecule has 1 aromatic carbocycles. The van der Waals surface area contributed by atoms with Gasteiger partial charge in [0.2, 0.25) is 0 Å². The summed E-state index contributed by atoms with van der Waals surface area (Å²) < 4.78 is 2.24. The topological polar surface area (TPSA) is 46.9 Å². The Morgan fingerprint density at radius 2 is 1.96 bits per heavy atom. The Hall–Kier alpha value is -1.40. The van der Waals surface area contributed by atoms with Crippen molar-refractivity contribution in [1.82, 2.24) is 9.78 Å². The molecule has 1 aromatic heterocycles. The molecular weight excluding hydrogens is 350 g/mol. The highest BCUT2D eigenvalue weighted by atomic mass is 32.2. The molecule has 0 spiro atoms. The quantitative estimate of drug-likeness (QED) is 0.820. The lowest BCUT2D eigenvalue weighted by Gasteiger charge is -2.21. The Labute approximate surface area is 158 Å². The highest BCUT2D eigenvalue weighted by Gasteiger charge is 2.17. The molecule has 1 fully saturated rings. The van der Waals surface area contributed by atoms with Gasteiger partial charge in [0, 0.05) is 18.7 Å². The zero-order valence-corrected chi connectivity index (χ0v) is 16.6. The maximum absolute atomic E-state index is 12.5. The third-order valence-corrected chi connectivity index (χ3v) is 7.08. The van der Waals surface area contributed by atoms with Crippen molar-refractivity contribution in [3.05, 3.63) is 47.2 Å². The first-order chi connectivity index (χ1) is 12.0. The van der Waals surface area contributed by atoms with Crippen molar-refractivity contribution >= 4 is 35.2 Å². The fraction of sp³-hybridized carbons (Fsp3) is 0.474. The van der Waals surface area contributed by atoms with E-state index in [1.165, 1.54) is 23.5 Å². The second-order valence-corrected chi connectivity index (χ2v) is 9.47. The first-order valence-corrected chi connectivity index (χ1v) is 10.8. The number of hydrogen-bond acceptors (Lipinski definition) is 4. The van der Waals surface area contributed by atoms with Gasteiger partial charge in [0.05, 0.1) is 10.3 Å². The lowest BCUT2D eigenvalue weighted by molar-refractivity contribution is 0.102. The zero-order valence-electron chi connectivity index (χ0n) is 15.0. The van der Waals surface area contributed by atoms with Gasteiger partial charge in [-0.2, -0.15) is 5.10 Å². The summed E-state index contributed by atoms with van der Waals surface area (Å²) in [5.74, 6) is 3.64. The number of amides is 1. The fourth-order valence-electron chi connectivity index (χ4n) is 2.82. The molecule has 1 saturated heterocycles. The van der Waals surface area contributed by atoms with Crippen molar-refractivity contribution in [3.63, 3.8) is 0 Å². The molecular formula is C19H25N3OS2. The second kappa shape index (κ2) is 8.32. The smallest absolute Gasteiger partial charge is 0.256 e. The molecule has 1 N–H and O–H groups in total. The molecule has 0 bridgehead atoms. The predicted octanol–water partition coefficient (Wildman–Crippen LogP) is 4.74. The number of carbonyl (C=O) groups is 1. The summed E-state index contributed by atoms with van der Waals surface area (Å²) in [6, 6.07) is 9.97. The van der Waals surface area contributed by atoms with Crippen molar-refractivity contribution in [2.24, 2.45) is 13.0 Å². The van der Waals surface area contributed by atoms with Gasteiger partial charge in [-0.1, -0.05) is 26.0 Å². The molecule has 6 heteroatoms. The van der Waals surface area contributed by atoms with E-state index in [9.17, 15) is 4.79 Å². The van der Waals surface area contributed by atoms with Crippen LogP contribution >= 0.6 is 23.5 Å². The summed E-state index contributed by atoms with van der Waals surface area (Å²) in [7, 11) is 1.86. The van der Waals surface area contributed by atoms with Gasteiger partial charge in [0.25, 0.3) is 5.91 Å². The van der Waals surface area contributed by atoms with E-state index in [-0.39, 0.29) is 5.91 Å². The zero-order chi connectivity index (χ0) is 17.8. The molecule has 0 aliphatic carbocycles. The predicted molar refractivity (Wildman–Crippen MR) is 108 cm³/mol. The van der Waals surface area contributed by atoms with Gasteiger partial charge in [-0.3, -0.25) is 9.48 Å². The number of nitrogens with zero attached hydrogens (tertiary/aromatic N) is 2. The van der Waals surface area contributed by atoms with Crippen LogP contribution in [0.1, 0.15) is 46.5 Å². The SMILES string of the molecule is CC(C)Cc1cc(NC(=O)c2ccc(C3SCCCS3)cc2)n(C)n1. The van der Waals surface area contributed by atoms with Crippen molar-refractivity contribution in [3.8, 4) is 0 Å². The van der Waals surface area contributed by atoms with Gasteiger partial charge in [0.1, 0.15) is 5.82 Å². The second-order valence-electron chi connectivity index (χ2n) is 6.75. The van der Waals surface area contributed by atoms with Crippen LogP contribution in [0.25, 0.3) is 0 Å². The number of aryl methyl sites for hydroxylation is 1. The van der Waals surface area contributed by atoms with Gasteiger partial charge in [0.15, 0.2) is 0 Å². The molecule has 0 atom stereocenters. The number of hydrogen-bond donors (Lipinski definition) is 1. The molecule has 2 aromatic rings. The Bertz CT molecular complexity index is 719. The van der Waals surface area contributed by atoms with Gasteiger partial charge in [-0.25, -0.2) is 0 Å². The van der Waals surface area contributed by atoms with Gasteiger partial charge >= 0.3 is 0 Å². The van der Waals surface area contributed by atoms with E-state index in [0.29, 0.717) is 16.1 Å². The molecule has 134 valence electrons. The average Bonchev–Trinajstić information content (AvgIpc) is 2.94. The van der Waals surface area contributed by atoms with E-state index in [1.54, 1.807) is 4.68 Å². The maximum Gasteiger partial charge on any atom is 0.256 e. The largest absolute Gasteiger partial charge is 0.307 e. The minimum absolute atomic E-state index is 0.0883. The van der Waals surface area contributed by atoms with Crippen LogP contribution in [-0.4, -0.2) is 27.2 Å². The van der Waals surface area contributed by atoms with E-state index in [2.05, 4.69) is 36.4 Å². The van der Waals surface area contributed by atoms with Crippen LogP contribution in [-0.2, 0) is 13.5 Å². The average molecular weight is 376 g/mol. The van der Waals surface area contributed by atoms with Crippen LogP contribution in [0.2, 0.25) is 0 Å². The number of aromatic nitrogens is 2. The van der Waals surface area contributed by atoms with Crippen LogP contribution in [0.15, 0.2) is 30.3 Å². The minimum atomic E-state index is -0.0883. The summed E-state index contributed by atoms with van der Waals surface area (Å²) >= 11 is 3.99. The number of carbonyl (C=O) groups excluding carboxylic acids is 1. The Balaban J connectivity index is 1.66. The van der Waals surface area contributed by atoms with Crippen LogP contribution < -0.4 is 5.32 Å². The molecule has 1 aliphatic rings. The number of nitrogens with one attached hydrogen (secondary N) is 1. The molecule has 2 heterocycles. The van der Waals surface area contributed by atoms with Crippen LogP contribution in [0.4, 0.5) is 5.82 Å². The third kappa shape index (κ3) is 4.82. The van der Waals surface area contributed by atoms with E-state index in [1.807, 2.05) is 48.8 Å². The normalized spacial score (nSPS) is 15.5. The van der Waals surface area contributed by atoms with Crippen molar-refractivity contribution in [2.75, 3.05) is 16.8 Å². The molecule has 0 unspecified atom stereocenters. The first kappa shape index (κ1) is 18.4. The molecule has 0 radical (unpaired) electrons. The van der Waals surface area contributed by atoms with E-state index < -0.39 is 0 Å². The first-order valence-electron chi connectivity index (χ1n) is 8.70. The van der Waals surface area contributed by atoms with Crippen LogP contribution in [0.3, 0.4) is 0 Å². The summed E-state index contributed by atoms with van der Waals surface area (Å²) in [5, 5.41) is 7.44. The third-order valence-electron chi connectivity index (χ3n) is 4.06. The fourth-order valence-corrected chi connectivity index (χ4v) is 5.72. The van der Waals surface area contributed by atoms with E-state index >= 15 is 0 Å². The molecule has 0 saturated carbocycles. The molecule has 4 nitrogen and oxygen atoms in total. The molecule has 3 rings (SSSR count). The molecule has 25 heavy (non-hydrogen) atoms. The molecule has 1 aliphatic heterocycles. The van der Waals surface area contributed by atoms with Crippen molar-refractivity contribution in [2.45, 2.75) is 31.3 Å². The number of anilines is 1. The summed E-state index contributed by atoms with van der Waals surface area (Å²) in [4.78, 5) is 12.5. The van der Waals surface area contributed by atoms with Crippen LogP contribution in [0.5, 0.6) is 0 Å². The van der Waals surface area contributed by atoms with Gasteiger partial charge in [-0.05, 0) is 48.0 Å².